The molecular formula is C14H32N2O2S. The van der Waals surface area contributed by atoms with E-state index in [1.165, 1.54) is 6.26 Å². The van der Waals surface area contributed by atoms with Crippen molar-refractivity contribution in [2.45, 2.75) is 60.0 Å². The smallest absolute Gasteiger partial charge is 0.211 e. The maximum atomic E-state index is 11.9. The van der Waals surface area contributed by atoms with E-state index >= 15 is 0 Å². The van der Waals surface area contributed by atoms with Gasteiger partial charge in [-0.05, 0) is 40.2 Å². The molecule has 0 aromatic rings. The molecule has 0 fully saturated rings. The molecule has 0 bridgehead atoms. The number of hydrogen-bond donors (Lipinski definition) is 0. The second-order valence-electron chi connectivity index (χ2n) is 7.53. The molecule has 116 valence electrons. The van der Waals surface area contributed by atoms with Crippen molar-refractivity contribution in [1.29, 1.82) is 0 Å². The van der Waals surface area contributed by atoms with Crippen molar-refractivity contribution in [2.24, 2.45) is 5.41 Å². The van der Waals surface area contributed by atoms with Crippen molar-refractivity contribution >= 4 is 10.0 Å². The number of sulfonamides is 1. The fourth-order valence-electron chi connectivity index (χ4n) is 2.10. The first-order chi connectivity index (χ1) is 8.17. The summed E-state index contributed by atoms with van der Waals surface area (Å²) in [4.78, 5) is 2.23. The molecule has 1 atom stereocenters. The van der Waals surface area contributed by atoms with Crippen LogP contribution in [-0.2, 0) is 10.0 Å². The fourth-order valence-corrected chi connectivity index (χ4v) is 3.51. The fraction of sp³-hybridized carbons (Fsp3) is 1.00. The van der Waals surface area contributed by atoms with Gasteiger partial charge in [-0.1, -0.05) is 20.8 Å². The van der Waals surface area contributed by atoms with Crippen LogP contribution < -0.4 is 0 Å². The zero-order valence-electron chi connectivity index (χ0n) is 14.1. The van der Waals surface area contributed by atoms with Crippen LogP contribution in [-0.4, -0.2) is 55.6 Å². The molecule has 0 saturated carbocycles. The summed E-state index contributed by atoms with van der Waals surface area (Å²) in [5.74, 6) is 0. The van der Waals surface area contributed by atoms with Crippen molar-refractivity contribution in [1.82, 2.24) is 9.21 Å². The summed E-state index contributed by atoms with van der Waals surface area (Å²) < 4.78 is 25.3. The third kappa shape index (κ3) is 6.23. The quantitative estimate of drug-likeness (QED) is 0.781. The average molecular weight is 292 g/mol. The maximum absolute atomic E-state index is 11.9. The van der Waals surface area contributed by atoms with Crippen molar-refractivity contribution < 1.29 is 8.42 Å². The van der Waals surface area contributed by atoms with Gasteiger partial charge in [-0.2, -0.15) is 4.31 Å². The number of rotatable bonds is 5. The van der Waals surface area contributed by atoms with Crippen LogP contribution >= 0.6 is 0 Å². The Morgan fingerprint density at radius 1 is 1.00 bits per heavy atom. The molecule has 19 heavy (non-hydrogen) atoms. The molecule has 0 unspecified atom stereocenters. The Kier molecular flexibility index (Phi) is 6.06. The molecular weight excluding hydrogens is 260 g/mol. The first-order valence-corrected chi connectivity index (χ1v) is 8.70. The molecule has 0 aromatic carbocycles. The number of nitrogens with zero attached hydrogens (tertiary/aromatic N) is 2. The van der Waals surface area contributed by atoms with Crippen molar-refractivity contribution in [3.63, 3.8) is 0 Å². The van der Waals surface area contributed by atoms with Gasteiger partial charge in [0.05, 0.1) is 6.26 Å². The molecule has 0 radical (unpaired) electrons. The SMILES string of the molecule is C[C@H](N(C)CCN(C(C)(C)C)S(C)(=O)=O)C(C)(C)C. The standard InChI is InChI=1S/C14H32N2O2S/c1-12(13(2,3)4)15(8)10-11-16(14(5,6)7)19(9,17)18/h12H,10-11H2,1-9H3/t12-/m0/s1. The zero-order valence-corrected chi connectivity index (χ0v) is 14.9. The summed E-state index contributed by atoms with van der Waals surface area (Å²) in [5.41, 5.74) is -0.189. The van der Waals surface area contributed by atoms with E-state index in [0.717, 1.165) is 6.54 Å². The van der Waals surface area contributed by atoms with Gasteiger partial charge in [0.2, 0.25) is 10.0 Å². The third-order valence-corrected chi connectivity index (χ3v) is 5.25. The van der Waals surface area contributed by atoms with Crippen LogP contribution in [0.5, 0.6) is 0 Å². The highest BCUT2D eigenvalue weighted by Gasteiger charge is 2.30. The molecule has 0 aliphatic rings. The van der Waals surface area contributed by atoms with Crippen molar-refractivity contribution in [3.8, 4) is 0 Å². The first kappa shape index (κ1) is 18.9. The molecule has 0 saturated heterocycles. The average Bonchev–Trinajstić information content (AvgIpc) is 2.10. The molecule has 0 spiro atoms. The second kappa shape index (κ2) is 6.10. The van der Waals surface area contributed by atoms with E-state index in [9.17, 15) is 8.42 Å². The largest absolute Gasteiger partial charge is 0.302 e. The minimum atomic E-state index is -3.17. The lowest BCUT2D eigenvalue weighted by Gasteiger charge is -2.38. The molecule has 0 aromatic heterocycles. The van der Waals surface area contributed by atoms with Crippen LogP contribution in [0.15, 0.2) is 0 Å². The minimum absolute atomic E-state index is 0.187. The van der Waals surface area contributed by atoms with Gasteiger partial charge in [0.25, 0.3) is 0 Å². The van der Waals surface area contributed by atoms with Crippen LogP contribution in [0.1, 0.15) is 48.5 Å². The van der Waals surface area contributed by atoms with E-state index in [1.54, 1.807) is 4.31 Å². The molecule has 0 aliphatic carbocycles. The van der Waals surface area contributed by atoms with Crippen LogP contribution in [0.2, 0.25) is 0 Å². The summed E-state index contributed by atoms with van der Waals surface area (Å²) >= 11 is 0. The summed E-state index contributed by atoms with van der Waals surface area (Å²) in [6.45, 7) is 15.8. The lowest BCUT2D eigenvalue weighted by molar-refractivity contribution is 0.124. The van der Waals surface area contributed by atoms with Gasteiger partial charge in [0, 0.05) is 24.7 Å². The van der Waals surface area contributed by atoms with Gasteiger partial charge in [0.1, 0.15) is 0 Å². The highest BCUT2D eigenvalue weighted by atomic mass is 32.2. The molecule has 4 nitrogen and oxygen atoms in total. The van der Waals surface area contributed by atoms with E-state index in [-0.39, 0.29) is 11.0 Å². The molecule has 0 aliphatic heterocycles. The van der Waals surface area contributed by atoms with Crippen molar-refractivity contribution in [3.05, 3.63) is 0 Å². The van der Waals surface area contributed by atoms with Gasteiger partial charge in [0.15, 0.2) is 0 Å². The highest BCUT2D eigenvalue weighted by molar-refractivity contribution is 7.88. The van der Waals surface area contributed by atoms with Gasteiger partial charge in [-0.15, -0.1) is 0 Å². The van der Waals surface area contributed by atoms with E-state index in [2.05, 4.69) is 39.6 Å². The molecule has 0 amide bonds. The van der Waals surface area contributed by atoms with Gasteiger partial charge in [-0.3, -0.25) is 0 Å². The van der Waals surface area contributed by atoms with Gasteiger partial charge in [-0.25, -0.2) is 8.42 Å². The maximum Gasteiger partial charge on any atom is 0.211 e. The normalized spacial score (nSPS) is 16.2. The second-order valence-corrected chi connectivity index (χ2v) is 9.44. The Bertz CT molecular complexity index is 377. The topological polar surface area (TPSA) is 40.6 Å². The lowest BCUT2D eigenvalue weighted by Crippen LogP contribution is -2.50. The highest BCUT2D eigenvalue weighted by Crippen LogP contribution is 2.23. The van der Waals surface area contributed by atoms with Crippen LogP contribution in [0.4, 0.5) is 0 Å². The molecule has 0 N–H and O–H groups in total. The van der Waals surface area contributed by atoms with Crippen molar-refractivity contribution in [2.75, 3.05) is 26.4 Å². The Morgan fingerprint density at radius 2 is 1.42 bits per heavy atom. The Morgan fingerprint density at radius 3 is 1.68 bits per heavy atom. The predicted octanol–water partition coefficient (Wildman–Crippen LogP) is 2.41. The van der Waals surface area contributed by atoms with E-state index in [4.69, 9.17) is 0 Å². The monoisotopic (exact) mass is 292 g/mol. The number of likely N-dealkylation sites (N-methyl/N-ethyl adjacent to an activating group) is 1. The van der Waals surface area contributed by atoms with Crippen LogP contribution in [0.3, 0.4) is 0 Å². The molecule has 0 rings (SSSR count). The van der Waals surface area contributed by atoms with Crippen LogP contribution in [0.25, 0.3) is 0 Å². The van der Waals surface area contributed by atoms with Gasteiger partial charge >= 0.3 is 0 Å². The third-order valence-electron chi connectivity index (χ3n) is 3.72. The Labute approximate surface area is 120 Å². The summed E-state index contributed by atoms with van der Waals surface area (Å²) in [5, 5.41) is 0. The van der Waals surface area contributed by atoms with Crippen LogP contribution in [0, 0.1) is 5.41 Å². The minimum Gasteiger partial charge on any atom is -0.302 e. The van der Waals surface area contributed by atoms with Gasteiger partial charge < -0.3 is 4.90 Å². The lowest BCUT2D eigenvalue weighted by atomic mass is 9.87. The molecule has 0 heterocycles. The molecule has 5 heteroatoms. The first-order valence-electron chi connectivity index (χ1n) is 6.85. The zero-order chi connectivity index (χ0) is 15.6. The predicted molar refractivity (Wildman–Crippen MR) is 82.8 cm³/mol. The summed E-state index contributed by atoms with van der Waals surface area (Å²) in [7, 11) is -1.12. The number of hydrogen-bond acceptors (Lipinski definition) is 3. The van der Waals surface area contributed by atoms with E-state index in [0.29, 0.717) is 12.6 Å². The van der Waals surface area contributed by atoms with E-state index in [1.807, 2.05) is 20.8 Å². The summed E-state index contributed by atoms with van der Waals surface area (Å²) in [6, 6.07) is 0.397. The Hall–Kier alpha value is -0.130. The van der Waals surface area contributed by atoms with E-state index < -0.39 is 10.0 Å². The Balaban J connectivity index is 4.77. The summed E-state index contributed by atoms with van der Waals surface area (Å²) in [6.07, 6.45) is 1.28.